The minimum Gasteiger partial charge on any atom is -0.304 e. The van der Waals surface area contributed by atoms with E-state index in [2.05, 4.69) is 25.2 Å². The average Bonchev–Trinajstić information content (AvgIpc) is 3.17. The number of carbonyl (C=O) groups is 1. The number of benzene rings is 1. The Hall–Kier alpha value is -2.69. The van der Waals surface area contributed by atoms with Gasteiger partial charge in [-0.25, -0.2) is 18.1 Å². The van der Waals surface area contributed by atoms with E-state index in [9.17, 15) is 13.2 Å². The molecular weight excluding hydrogens is 362 g/mol. The number of nitrogens with one attached hydrogen (secondary N) is 2. The van der Waals surface area contributed by atoms with Crippen LogP contribution in [0.4, 0.5) is 5.82 Å². The quantitative estimate of drug-likeness (QED) is 0.702. The summed E-state index contributed by atoms with van der Waals surface area (Å²) in [6, 6.07) is 9.58. The minimum atomic E-state index is -3.54. The van der Waals surface area contributed by atoms with Gasteiger partial charge in [-0.1, -0.05) is 12.1 Å². The van der Waals surface area contributed by atoms with Crippen molar-refractivity contribution in [3.05, 3.63) is 53.0 Å². The summed E-state index contributed by atoms with van der Waals surface area (Å²) in [5, 5.41) is 12.2. The third-order valence-electron chi connectivity index (χ3n) is 3.28. The van der Waals surface area contributed by atoms with E-state index in [4.69, 9.17) is 0 Å². The summed E-state index contributed by atoms with van der Waals surface area (Å²) in [5.74, 6) is -0.0915. The van der Waals surface area contributed by atoms with Crippen molar-refractivity contribution in [3.63, 3.8) is 0 Å². The molecule has 1 aromatic carbocycles. The maximum atomic E-state index is 11.9. The normalized spacial score (nSPS) is 11.2. The number of carbonyl (C=O) groups excluding carboxylic acids is 1. The lowest BCUT2D eigenvalue weighted by atomic mass is 10.1. The summed E-state index contributed by atoms with van der Waals surface area (Å²) < 4.78 is 26.0. The van der Waals surface area contributed by atoms with Crippen molar-refractivity contribution in [1.29, 1.82) is 0 Å². The molecule has 3 aromatic rings. The number of aromatic nitrogens is 3. The van der Waals surface area contributed by atoms with Gasteiger partial charge in [0.25, 0.3) is 5.91 Å². The third kappa shape index (κ3) is 3.87. The van der Waals surface area contributed by atoms with E-state index in [1.807, 2.05) is 0 Å². The number of amides is 1. The molecule has 2 N–H and O–H groups in total. The fraction of sp³-hybridized carbons (Fsp3) is 0.0667. The smallest absolute Gasteiger partial charge is 0.276 e. The van der Waals surface area contributed by atoms with Crippen molar-refractivity contribution in [2.75, 3.05) is 12.4 Å². The van der Waals surface area contributed by atoms with Gasteiger partial charge in [0.2, 0.25) is 10.0 Å². The molecule has 128 valence electrons. The highest BCUT2D eigenvalue weighted by atomic mass is 32.2. The van der Waals surface area contributed by atoms with Gasteiger partial charge in [-0.2, -0.15) is 0 Å². The molecule has 0 saturated carbocycles. The van der Waals surface area contributed by atoms with E-state index >= 15 is 0 Å². The van der Waals surface area contributed by atoms with Crippen LogP contribution in [-0.2, 0) is 10.0 Å². The Bertz CT molecular complexity index is 986. The number of sulfonamides is 1. The zero-order valence-corrected chi connectivity index (χ0v) is 14.6. The van der Waals surface area contributed by atoms with Crippen LogP contribution in [0.25, 0.3) is 11.3 Å². The Morgan fingerprint density at radius 3 is 2.64 bits per heavy atom. The third-order valence-corrected chi connectivity index (χ3v) is 5.28. The van der Waals surface area contributed by atoms with Gasteiger partial charge >= 0.3 is 0 Å². The van der Waals surface area contributed by atoms with Crippen LogP contribution in [0, 0.1) is 0 Å². The van der Waals surface area contributed by atoms with E-state index in [0.717, 1.165) is 0 Å². The molecule has 3 rings (SSSR count). The van der Waals surface area contributed by atoms with Crippen LogP contribution in [0.1, 0.15) is 10.5 Å². The molecule has 0 aliphatic carbocycles. The fourth-order valence-electron chi connectivity index (χ4n) is 2.00. The summed E-state index contributed by atoms with van der Waals surface area (Å²) in [6.45, 7) is 0. The van der Waals surface area contributed by atoms with E-state index in [1.54, 1.807) is 35.2 Å². The van der Waals surface area contributed by atoms with Crippen molar-refractivity contribution >= 4 is 33.1 Å². The molecule has 0 spiro atoms. The molecule has 0 bridgehead atoms. The summed E-state index contributed by atoms with van der Waals surface area (Å²) in [4.78, 5) is 16.0. The summed E-state index contributed by atoms with van der Waals surface area (Å²) in [6.07, 6.45) is 0. The van der Waals surface area contributed by atoms with Crippen molar-refractivity contribution in [1.82, 2.24) is 19.9 Å². The van der Waals surface area contributed by atoms with Gasteiger partial charge in [-0.05, 0) is 31.3 Å². The molecule has 0 atom stereocenters. The molecule has 1 amide bonds. The second-order valence-electron chi connectivity index (χ2n) is 4.87. The van der Waals surface area contributed by atoms with E-state index < -0.39 is 10.0 Å². The number of nitrogens with zero attached hydrogens (tertiary/aromatic N) is 3. The molecule has 2 heterocycles. The number of anilines is 1. The summed E-state index contributed by atoms with van der Waals surface area (Å²) in [5.41, 5.74) is 2.96. The lowest BCUT2D eigenvalue weighted by Gasteiger charge is -2.06. The Labute approximate surface area is 148 Å². The van der Waals surface area contributed by atoms with Crippen LogP contribution in [0.2, 0.25) is 0 Å². The van der Waals surface area contributed by atoms with E-state index in [1.165, 1.54) is 30.5 Å². The Balaban J connectivity index is 1.81. The first-order valence-electron chi connectivity index (χ1n) is 7.07. The second-order valence-corrected chi connectivity index (χ2v) is 7.47. The molecule has 0 unspecified atom stereocenters. The average molecular weight is 375 g/mol. The van der Waals surface area contributed by atoms with E-state index in [0.29, 0.717) is 17.0 Å². The van der Waals surface area contributed by atoms with E-state index in [-0.39, 0.29) is 16.6 Å². The molecule has 0 aliphatic heterocycles. The Kier molecular flexibility index (Phi) is 4.83. The summed E-state index contributed by atoms with van der Waals surface area (Å²) in [7, 11) is -2.19. The minimum absolute atomic E-state index is 0.134. The number of hydrogen-bond acceptors (Lipinski definition) is 7. The van der Waals surface area contributed by atoms with Gasteiger partial charge < -0.3 is 5.32 Å². The predicted molar refractivity (Wildman–Crippen MR) is 93.8 cm³/mol. The molecule has 25 heavy (non-hydrogen) atoms. The van der Waals surface area contributed by atoms with Crippen LogP contribution >= 0.6 is 11.3 Å². The van der Waals surface area contributed by atoms with Gasteiger partial charge in [-0.3, -0.25) is 4.79 Å². The Morgan fingerprint density at radius 1 is 1.16 bits per heavy atom. The second kappa shape index (κ2) is 7.05. The first-order valence-corrected chi connectivity index (χ1v) is 9.49. The van der Waals surface area contributed by atoms with Crippen LogP contribution in [0.3, 0.4) is 0 Å². The number of thiazole rings is 1. The van der Waals surface area contributed by atoms with Crippen molar-refractivity contribution in [3.8, 4) is 11.3 Å². The fourth-order valence-corrected chi connectivity index (χ4v) is 3.31. The van der Waals surface area contributed by atoms with Crippen LogP contribution in [0.15, 0.2) is 52.2 Å². The highest BCUT2D eigenvalue weighted by molar-refractivity contribution is 7.89. The SMILES string of the molecule is CNS(=O)(=O)c1cccc(-c2ccc(NC(=O)c3cscn3)nn2)c1. The van der Waals surface area contributed by atoms with Crippen molar-refractivity contribution in [2.24, 2.45) is 0 Å². The largest absolute Gasteiger partial charge is 0.304 e. The first-order chi connectivity index (χ1) is 12.0. The van der Waals surface area contributed by atoms with Crippen LogP contribution in [0.5, 0.6) is 0 Å². The zero-order chi connectivity index (χ0) is 17.9. The highest BCUT2D eigenvalue weighted by Crippen LogP contribution is 2.21. The molecule has 8 nitrogen and oxygen atoms in total. The lowest BCUT2D eigenvalue weighted by Crippen LogP contribution is -2.18. The molecule has 0 saturated heterocycles. The van der Waals surface area contributed by atoms with Crippen molar-refractivity contribution < 1.29 is 13.2 Å². The lowest BCUT2D eigenvalue weighted by molar-refractivity contribution is 0.102. The zero-order valence-electron chi connectivity index (χ0n) is 13.0. The van der Waals surface area contributed by atoms with Crippen molar-refractivity contribution in [2.45, 2.75) is 4.90 Å². The van der Waals surface area contributed by atoms with Crippen LogP contribution < -0.4 is 10.0 Å². The molecule has 2 aromatic heterocycles. The van der Waals surface area contributed by atoms with Gasteiger partial charge in [0.1, 0.15) is 5.69 Å². The van der Waals surface area contributed by atoms with Gasteiger partial charge in [0.15, 0.2) is 5.82 Å². The highest BCUT2D eigenvalue weighted by Gasteiger charge is 2.13. The molecule has 0 radical (unpaired) electrons. The molecular formula is C15H13N5O3S2. The first kappa shape index (κ1) is 17.1. The topological polar surface area (TPSA) is 114 Å². The maximum absolute atomic E-state index is 11.9. The number of rotatable bonds is 5. The monoisotopic (exact) mass is 375 g/mol. The van der Waals surface area contributed by atoms with Gasteiger partial charge in [0, 0.05) is 10.9 Å². The van der Waals surface area contributed by atoms with Crippen LogP contribution in [-0.4, -0.2) is 36.6 Å². The standard InChI is InChI=1S/C15H13N5O3S2/c1-16-25(22,23)11-4-2-3-10(7-11)12-5-6-14(20-19-12)18-15(21)13-8-24-9-17-13/h2-9,16H,1H3,(H,18,20,21). The predicted octanol–water partition coefficient (Wildman–Crippen LogP) is 1.76. The van der Waals surface area contributed by atoms with Gasteiger partial charge in [-0.15, -0.1) is 21.5 Å². The summed E-state index contributed by atoms with van der Waals surface area (Å²) >= 11 is 1.32. The molecule has 0 fully saturated rings. The number of hydrogen-bond donors (Lipinski definition) is 2. The Morgan fingerprint density at radius 2 is 2.00 bits per heavy atom. The maximum Gasteiger partial charge on any atom is 0.276 e. The molecule has 10 heteroatoms. The van der Waals surface area contributed by atoms with Gasteiger partial charge in [0.05, 0.1) is 16.1 Å². The molecule has 0 aliphatic rings.